The first kappa shape index (κ1) is 15.3. The largest absolute Gasteiger partial charge is 0.508 e. The molecule has 19 heavy (non-hydrogen) atoms. The fraction of sp³-hybridized carbons (Fsp3) is 0.500. The molecule has 0 saturated carbocycles. The average Bonchev–Trinajstić information content (AvgIpc) is 2.29. The molecule has 0 aliphatic carbocycles. The van der Waals surface area contributed by atoms with Crippen LogP contribution >= 0.6 is 0 Å². The Labute approximate surface area is 113 Å². The summed E-state index contributed by atoms with van der Waals surface area (Å²) in [6.07, 6.45) is -0.510. The Morgan fingerprint density at radius 1 is 1.32 bits per heavy atom. The van der Waals surface area contributed by atoms with Crippen LogP contribution in [-0.4, -0.2) is 35.1 Å². The summed E-state index contributed by atoms with van der Waals surface area (Å²) in [5.74, 6) is -0.0614. The van der Waals surface area contributed by atoms with Crippen LogP contribution in [0, 0.1) is 0 Å². The van der Waals surface area contributed by atoms with Gasteiger partial charge in [-0.2, -0.15) is 0 Å². The van der Waals surface area contributed by atoms with E-state index >= 15 is 0 Å². The molecule has 0 aliphatic rings. The Balaban J connectivity index is 2.54. The van der Waals surface area contributed by atoms with E-state index in [4.69, 9.17) is 4.74 Å². The van der Waals surface area contributed by atoms with Crippen LogP contribution in [0.5, 0.6) is 5.75 Å². The zero-order chi connectivity index (χ0) is 14.5. The van der Waals surface area contributed by atoms with Crippen molar-refractivity contribution in [3.05, 3.63) is 29.8 Å². The minimum absolute atomic E-state index is 0.0967. The molecular weight excluding hydrogens is 246 g/mol. The third-order valence-electron chi connectivity index (χ3n) is 2.48. The molecule has 1 amide bonds. The minimum Gasteiger partial charge on any atom is -0.508 e. The number of carbonyl (C=O) groups excluding carboxylic acids is 1. The number of aliphatic hydroxyl groups excluding tert-OH is 1. The summed E-state index contributed by atoms with van der Waals surface area (Å²) in [6.45, 7) is 5.54. The average molecular weight is 267 g/mol. The van der Waals surface area contributed by atoms with E-state index in [1.165, 1.54) is 0 Å². The predicted molar refractivity (Wildman–Crippen MR) is 72.2 cm³/mol. The van der Waals surface area contributed by atoms with Crippen molar-refractivity contribution in [2.45, 2.75) is 32.3 Å². The van der Waals surface area contributed by atoms with Gasteiger partial charge >= 0.3 is 6.09 Å². The number of ether oxygens (including phenoxy) is 1. The van der Waals surface area contributed by atoms with E-state index in [2.05, 4.69) is 5.32 Å². The monoisotopic (exact) mass is 267 g/mol. The number of aliphatic hydroxyl groups is 1. The summed E-state index contributed by atoms with van der Waals surface area (Å²) < 4.78 is 5.12. The second-order valence-electron chi connectivity index (χ2n) is 5.35. The van der Waals surface area contributed by atoms with Crippen molar-refractivity contribution in [1.82, 2.24) is 5.32 Å². The standard InChI is InChI=1S/C14H21NO4/c1-14(2,3)19-13(18)15-8-11(9-16)10-4-6-12(17)7-5-10/h4-7,11,16-17H,8-9H2,1-3H3,(H,15,18)/t11-/m1/s1. The molecule has 0 radical (unpaired) electrons. The lowest BCUT2D eigenvalue weighted by atomic mass is 10.00. The molecule has 0 aromatic heterocycles. The Morgan fingerprint density at radius 3 is 2.37 bits per heavy atom. The van der Waals surface area contributed by atoms with Gasteiger partial charge < -0.3 is 20.3 Å². The quantitative estimate of drug-likeness (QED) is 0.779. The van der Waals surface area contributed by atoms with E-state index in [0.29, 0.717) is 0 Å². The summed E-state index contributed by atoms with van der Waals surface area (Å²) in [5, 5.41) is 21.2. The van der Waals surface area contributed by atoms with Crippen molar-refractivity contribution in [3.8, 4) is 5.75 Å². The van der Waals surface area contributed by atoms with Crippen LogP contribution in [0.25, 0.3) is 0 Å². The third-order valence-corrected chi connectivity index (χ3v) is 2.48. The van der Waals surface area contributed by atoms with Gasteiger partial charge in [-0.1, -0.05) is 12.1 Å². The zero-order valence-electron chi connectivity index (χ0n) is 11.5. The Hall–Kier alpha value is -1.75. The molecule has 5 nitrogen and oxygen atoms in total. The SMILES string of the molecule is CC(C)(C)OC(=O)NC[C@H](CO)c1ccc(O)cc1. The van der Waals surface area contributed by atoms with Crippen molar-refractivity contribution >= 4 is 6.09 Å². The lowest BCUT2D eigenvalue weighted by molar-refractivity contribution is 0.0521. The molecule has 3 N–H and O–H groups in total. The number of carbonyl (C=O) groups is 1. The Bertz CT molecular complexity index is 408. The van der Waals surface area contributed by atoms with E-state index in [0.717, 1.165) is 5.56 Å². The number of aromatic hydroxyl groups is 1. The van der Waals surface area contributed by atoms with Crippen LogP contribution in [0.4, 0.5) is 4.79 Å². The molecule has 0 aliphatic heterocycles. The van der Waals surface area contributed by atoms with E-state index in [1.807, 2.05) is 0 Å². The second-order valence-corrected chi connectivity index (χ2v) is 5.35. The molecule has 0 saturated heterocycles. The number of rotatable bonds is 4. The number of phenolic OH excluding ortho intramolecular Hbond substituents is 1. The van der Waals surface area contributed by atoms with Crippen LogP contribution < -0.4 is 5.32 Å². The van der Waals surface area contributed by atoms with Crippen molar-refractivity contribution in [3.63, 3.8) is 0 Å². The maximum atomic E-state index is 11.5. The van der Waals surface area contributed by atoms with Gasteiger partial charge in [0.1, 0.15) is 11.4 Å². The molecule has 5 heteroatoms. The minimum atomic E-state index is -0.544. The van der Waals surface area contributed by atoms with Crippen LogP contribution in [0.3, 0.4) is 0 Å². The number of phenols is 1. The van der Waals surface area contributed by atoms with Gasteiger partial charge in [-0.25, -0.2) is 4.79 Å². The lowest BCUT2D eigenvalue weighted by Crippen LogP contribution is -2.35. The molecule has 1 aromatic rings. The van der Waals surface area contributed by atoms with Gasteiger partial charge in [0.15, 0.2) is 0 Å². The van der Waals surface area contributed by atoms with Crippen molar-refractivity contribution < 1.29 is 19.7 Å². The number of alkyl carbamates (subject to hydrolysis) is 1. The van der Waals surface area contributed by atoms with Crippen LogP contribution in [0.2, 0.25) is 0 Å². The molecule has 0 unspecified atom stereocenters. The molecule has 1 aromatic carbocycles. The summed E-state index contributed by atoms with van der Waals surface area (Å²) in [4.78, 5) is 11.5. The summed E-state index contributed by atoms with van der Waals surface area (Å²) in [5.41, 5.74) is 0.300. The number of hydrogen-bond acceptors (Lipinski definition) is 4. The normalized spacial score (nSPS) is 12.8. The van der Waals surface area contributed by atoms with Crippen molar-refractivity contribution in [2.24, 2.45) is 0 Å². The van der Waals surface area contributed by atoms with Gasteiger partial charge in [0.05, 0.1) is 6.61 Å². The molecule has 0 heterocycles. The highest BCUT2D eigenvalue weighted by Crippen LogP contribution is 2.18. The van der Waals surface area contributed by atoms with Gasteiger partial charge in [0.25, 0.3) is 0 Å². The van der Waals surface area contributed by atoms with E-state index in [9.17, 15) is 15.0 Å². The van der Waals surface area contributed by atoms with Gasteiger partial charge in [-0.3, -0.25) is 0 Å². The van der Waals surface area contributed by atoms with Crippen molar-refractivity contribution in [1.29, 1.82) is 0 Å². The molecule has 1 atom stereocenters. The van der Waals surface area contributed by atoms with Crippen LogP contribution in [-0.2, 0) is 4.74 Å². The maximum absolute atomic E-state index is 11.5. The van der Waals surface area contributed by atoms with Crippen molar-refractivity contribution in [2.75, 3.05) is 13.2 Å². The first-order valence-corrected chi connectivity index (χ1v) is 6.18. The van der Waals surface area contributed by atoms with Gasteiger partial charge in [0.2, 0.25) is 0 Å². The molecular formula is C14H21NO4. The molecule has 0 spiro atoms. The molecule has 106 valence electrons. The van der Waals surface area contributed by atoms with E-state index < -0.39 is 11.7 Å². The summed E-state index contributed by atoms with van der Waals surface area (Å²) in [7, 11) is 0. The summed E-state index contributed by atoms with van der Waals surface area (Å²) >= 11 is 0. The summed E-state index contributed by atoms with van der Waals surface area (Å²) in [6, 6.07) is 6.52. The van der Waals surface area contributed by atoms with E-state index in [-0.39, 0.29) is 24.8 Å². The fourth-order valence-electron chi connectivity index (χ4n) is 1.56. The fourth-order valence-corrected chi connectivity index (χ4v) is 1.56. The first-order chi connectivity index (χ1) is 8.81. The van der Waals surface area contributed by atoms with Gasteiger partial charge in [0, 0.05) is 12.5 Å². The van der Waals surface area contributed by atoms with Crippen LogP contribution in [0.15, 0.2) is 24.3 Å². The Kier molecular flexibility index (Phi) is 5.18. The van der Waals surface area contributed by atoms with Gasteiger partial charge in [-0.15, -0.1) is 0 Å². The third kappa shape index (κ3) is 5.61. The van der Waals surface area contributed by atoms with Gasteiger partial charge in [-0.05, 0) is 38.5 Å². The highest BCUT2D eigenvalue weighted by Gasteiger charge is 2.18. The number of amides is 1. The first-order valence-electron chi connectivity index (χ1n) is 6.18. The lowest BCUT2D eigenvalue weighted by Gasteiger charge is -2.21. The molecule has 0 bridgehead atoms. The smallest absolute Gasteiger partial charge is 0.407 e. The Morgan fingerprint density at radius 2 is 1.89 bits per heavy atom. The highest BCUT2D eigenvalue weighted by atomic mass is 16.6. The number of benzene rings is 1. The van der Waals surface area contributed by atoms with Crippen LogP contribution in [0.1, 0.15) is 32.3 Å². The number of hydrogen-bond donors (Lipinski definition) is 3. The second kappa shape index (κ2) is 6.43. The molecule has 0 fully saturated rings. The van der Waals surface area contributed by atoms with E-state index in [1.54, 1.807) is 45.0 Å². The molecule has 1 rings (SSSR count). The highest BCUT2D eigenvalue weighted by molar-refractivity contribution is 5.67. The number of nitrogens with one attached hydrogen (secondary N) is 1. The topological polar surface area (TPSA) is 78.8 Å². The zero-order valence-corrected chi connectivity index (χ0v) is 11.5. The maximum Gasteiger partial charge on any atom is 0.407 e. The predicted octanol–water partition coefficient (Wildman–Crippen LogP) is 1.99.